The predicted molar refractivity (Wildman–Crippen MR) is 112 cm³/mol. The Labute approximate surface area is 164 Å². The van der Waals surface area contributed by atoms with Gasteiger partial charge in [-0.1, -0.05) is 19.6 Å². The van der Waals surface area contributed by atoms with Crippen molar-refractivity contribution < 1.29 is 9.13 Å². The first-order valence-corrected chi connectivity index (χ1v) is 13.1. The molecule has 7 heteroatoms. The second kappa shape index (κ2) is 7.41. The lowest BCUT2D eigenvalue weighted by Crippen LogP contribution is -2.22. The highest BCUT2D eigenvalue weighted by molar-refractivity contribution is 6.76. The summed E-state index contributed by atoms with van der Waals surface area (Å²) in [6.07, 6.45) is 5.08. The first-order chi connectivity index (χ1) is 13.4. The molecule has 0 saturated heterocycles. The maximum Gasteiger partial charge on any atom is 0.213 e. The lowest BCUT2D eigenvalue weighted by Gasteiger charge is -2.16. The van der Waals surface area contributed by atoms with Crippen molar-refractivity contribution in [2.45, 2.75) is 32.4 Å². The molecule has 0 atom stereocenters. The van der Waals surface area contributed by atoms with Crippen LogP contribution in [0.1, 0.15) is 0 Å². The highest BCUT2D eigenvalue weighted by Crippen LogP contribution is 2.29. The number of halogens is 1. The minimum absolute atomic E-state index is 0.426. The summed E-state index contributed by atoms with van der Waals surface area (Å²) in [5.74, 6) is -0.515. The summed E-state index contributed by atoms with van der Waals surface area (Å²) in [5, 5.41) is 2.04. The molecule has 0 aromatic carbocycles. The van der Waals surface area contributed by atoms with E-state index in [1.54, 1.807) is 12.3 Å². The lowest BCUT2D eigenvalue weighted by atomic mass is 10.1. The monoisotopic (exact) mass is 394 g/mol. The Kier molecular flexibility index (Phi) is 4.95. The van der Waals surface area contributed by atoms with E-state index in [9.17, 15) is 4.39 Å². The Bertz CT molecular complexity index is 1140. The molecule has 0 saturated carbocycles. The van der Waals surface area contributed by atoms with Crippen molar-refractivity contribution in [2.24, 2.45) is 0 Å². The Hall–Kier alpha value is -2.64. The topological polar surface area (TPSA) is 52.8 Å². The molecule has 4 aromatic heterocycles. The van der Waals surface area contributed by atoms with Crippen molar-refractivity contribution in [1.82, 2.24) is 19.5 Å². The second-order valence-corrected chi connectivity index (χ2v) is 13.7. The molecular weight excluding hydrogens is 371 g/mol. The van der Waals surface area contributed by atoms with Crippen molar-refractivity contribution in [3.8, 4) is 11.3 Å². The molecule has 0 aliphatic rings. The van der Waals surface area contributed by atoms with Crippen molar-refractivity contribution in [3.05, 3.63) is 54.9 Å². The van der Waals surface area contributed by atoms with Crippen LogP contribution in [0.25, 0.3) is 33.2 Å². The summed E-state index contributed by atoms with van der Waals surface area (Å²) in [6.45, 7) is 8.17. The van der Waals surface area contributed by atoms with E-state index in [2.05, 4.69) is 34.2 Å². The molecular formula is C21H23FN4OSi. The number of rotatable bonds is 6. The molecule has 0 radical (unpaired) electrons. The van der Waals surface area contributed by atoms with Crippen LogP contribution in [0.2, 0.25) is 25.7 Å². The summed E-state index contributed by atoms with van der Waals surface area (Å²) in [4.78, 5) is 12.7. The number of ether oxygens (including phenoxy) is 1. The van der Waals surface area contributed by atoms with Gasteiger partial charge in [0.05, 0.1) is 11.2 Å². The molecule has 144 valence electrons. The van der Waals surface area contributed by atoms with Crippen LogP contribution in [0, 0.1) is 5.95 Å². The average Bonchev–Trinajstić information content (AvgIpc) is 2.98. The standard InChI is InChI=1S/C21H23FN4OSi/c1-28(2,3)11-10-27-14-26-19-7-8-23-13-17(19)16-4-5-18(25-21(16)26)15-6-9-24-20(22)12-15/h4-9,12-13H,10-11,14H2,1-3H3. The number of hydrogen-bond acceptors (Lipinski definition) is 4. The van der Waals surface area contributed by atoms with Gasteiger partial charge in [0.2, 0.25) is 5.95 Å². The first kappa shape index (κ1) is 18.7. The van der Waals surface area contributed by atoms with Crippen molar-refractivity contribution in [1.29, 1.82) is 0 Å². The van der Waals surface area contributed by atoms with E-state index in [1.807, 2.05) is 24.4 Å². The molecule has 0 bridgehead atoms. The third-order valence-corrected chi connectivity index (χ3v) is 6.45. The summed E-state index contributed by atoms with van der Waals surface area (Å²) in [5.41, 5.74) is 3.24. The summed E-state index contributed by atoms with van der Waals surface area (Å²) >= 11 is 0. The van der Waals surface area contributed by atoms with Gasteiger partial charge in [0.25, 0.3) is 0 Å². The molecule has 4 heterocycles. The quantitative estimate of drug-likeness (QED) is 0.259. The van der Waals surface area contributed by atoms with Gasteiger partial charge in [-0.2, -0.15) is 4.39 Å². The molecule has 0 N–H and O–H groups in total. The number of aromatic nitrogens is 4. The van der Waals surface area contributed by atoms with Crippen LogP contribution in [0.3, 0.4) is 0 Å². The van der Waals surface area contributed by atoms with Crippen LogP contribution in [0.15, 0.2) is 48.9 Å². The molecule has 0 spiro atoms. The molecule has 4 aromatic rings. The van der Waals surface area contributed by atoms with E-state index in [-0.39, 0.29) is 0 Å². The predicted octanol–water partition coefficient (Wildman–Crippen LogP) is 5.10. The highest BCUT2D eigenvalue weighted by atomic mass is 28.3. The van der Waals surface area contributed by atoms with Gasteiger partial charge in [0.15, 0.2) is 0 Å². The van der Waals surface area contributed by atoms with Gasteiger partial charge in [0, 0.05) is 55.7 Å². The molecule has 4 rings (SSSR count). The van der Waals surface area contributed by atoms with Gasteiger partial charge >= 0.3 is 0 Å². The third kappa shape index (κ3) is 3.81. The van der Waals surface area contributed by atoms with Gasteiger partial charge in [-0.05, 0) is 30.3 Å². The molecule has 0 fully saturated rings. The minimum Gasteiger partial charge on any atom is -0.361 e. The van der Waals surface area contributed by atoms with Crippen LogP contribution in [-0.4, -0.2) is 34.2 Å². The fourth-order valence-corrected chi connectivity index (χ4v) is 3.95. The number of pyridine rings is 3. The second-order valence-electron chi connectivity index (χ2n) is 8.10. The van der Waals surface area contributed by atoms with E-state index in [1.165, 1.54) is 12.3 Å². The zero-order chi connectivity index (χ0) is 19.7. The Balaban J connectivity index is 1.75. The molecule has 0 aliphatic heterocycles. The Morgan fingerprint density at radius 2 is 1.93 bits per heavy atom. The maximum absolute atomic E-state index is 13.5. The van der Waals surface area contributed by atoms with Gasteiger partial charge < -0.3 is 9.30 Å². The third-order valence-electron chi connectivity index (χ3n) is 4.75. The average molecular weight is 395 g/mol. The molecule has 0 aliphatic carbocycles. The van der Waals surface area contributed by atoms with E-state index in [0.29, 0.717) is 18.0 Å². The normalized spacial score (nSPS) is 12.1. The van der Waals surface area contributed by atoms with Crippen LogP contribution in [0.5, 0.6) is 0 Å². The van der Waals surface area contributed by atoms with Gasteiger partial charge in [0.1, 0.15) is 12.4 Å². The van der Waals surface area contributed by atoms with Crippen LogP contribution >= 0.6 is 0 Å². The van der Waals surface area contributed by atoms with E-state index in [0.717, 1.165) is 34.6 Å². The molecule has 28 heavy (non-hydrogen) atoms. The summed E-state index contributed by atoms with van der Waals surface area (Å²) < 4.78 is 21.6. The van der Waals surface area contributed by atoms with Gasteiger partial charge in [-0.25, -0.2) is 9.97 Å². The number of fused-ring (bicyclic) bond motifs is 3. The first-order valence-electron chi connectivity index (χ1n) is 9.35. The lowest BCUT2D eigenvalue weighted by molar-refractivity contribution is 0.0926. The molecule has 5 nitrogen and oxygen atoms in total. The van der Waals surface area contributed by atoms with Crippen molar-refractivity contribution in [2.75, 3.05) is 6.61 Å². The zero-order valence-corrected chi connectivity index (χ0v) is 17.3. The minimum atomic E-state index is -1.15. The number of nitrogens with zero attached hydrogens (tertiary/aromatic N) is 4. The van der Waals surface area contributed by atoms with Crippen molar-refractivity contribution in [3.63, 3.8) is 0 Å². The van der Waals surface area contributed by atoms with Crippen LogP contribution < -0.4 is 0 Å². The fraction of sp³-hybridized carbons (Fsp3) is 0.286. The highest BCUT2D eigenvalue weighted by Gasteiger charge is 2.15. The SMILES string of the molecule is C[Si](C)(C)CCOCn1c2ccncc2c2ccc(-c3ccnc(F)c3)nc21. The number of hydrogen-bond donors (Lipinski definition) is 0. The van der Waals surface area contributed by atoms with E-state index < -0.39 is 14.0 Å². The van der Waals surface area contributed by atoms with Crippen LogP contribution in [0.4, 0.5) is 4.39 Å². The fourth-order valence-electron chi connectivity index (χ4n) is 3.20. The zero-order valence-electron chi connectivity index (χ0n) is 16.3. The van der Waals surface area contributed by atoms with E-state index >= 15 is 0 Å². The van der Waals surface area contributed by atoms with Crippen molar-refractivity contribution >= 4 is 30.0 Å². The van der Waals surface area contributed by atoms with Crippen LogP contribution in [-0.2, 0) is 11.5 Å². The van der Waals surface area contributed by atoms with E-state index in [4.69, 9.17) is 9.72 Å². The van der Waals surface area contributed by atoms with Gasteiger partial charge in [-0.15, -0.1) is 0 Å². The smallest absolute Gasteiger partial charge is 0.213 e. The Morgan fingerprint density at radius 3 is 2.71 bits per heavy atom. The Morgan fingerprint density at radius 1 is 1.07 bits per heavy atom. The summed E-state index contributed by atoms with van der Waals surface area (Å²) in [6, 6.07) is 10.2. The van der Waals surface area contributed by atoms with Gasteiger partial charge in [-0.3, -0.25) is 4.98 Å². The largest absolute Gasteiger partial charge is 0.361 e. The molecule has 0 amide bonds. The maximum atomic E-state index is 13.5. The molecule has 0 unspecified atom stereocenters. The summed E-state index contributed by atoms with van der Waals surface area (Å²) in [7, 11) is -1.15.